The molecule has 2 aromatic rings. The molecule has 0 radical (unpaired) electrons. The van der Waals surface area contributed by atoms with Crippen LogP contribution in [-0.4, -0.2) is 52.4 Å². The van der Waals surface area contributed by atoms with Gasteiger partial charge in [-0.05, 0) is 25.8 Å². The molecule has 1 aromatic heterocycles. The Hall–Kier alpha value is -2.54. The Morgan fingerprint density at radius 2 is 2.00 bits per heavy atom. The molecule has 1 N–H and O–H groups in total. The minimum atomic E-state index is -0.0731. The first kappa shape index (κ1) is 18.3. The first-order valence-corrected chi connectivity index (χ1v) is 8.95. The van der Waals surface area contributed by atoms with E-state index in [4.69, 9.17) is 9.84 Å². The van der Waals surface area contributed by atoms with E-state index in [2.05, 4.69) is 36.2 Å². The first-order valence-electron chi connectivity index (χ1n) is 8.95. The maximum atomic E-state index is 12.7. The van der Waals surface area contributed by atoms with E-state index in [1.54, 1.807) is 16.9 Å². The van der Waals surface area contributed by atoms with Crippen LogP contribution in [0.4, 0.5) is 10.6 Å². The summed E-state index contributed by atoms with van der Waals surface area (Å²) in [5, 5.41) is 9.13. The highest BCUT2D eigenvalue weighted by molar-refractivity contribution is 5.93. The van der Waals surface area contributed by atoms with Crippen LogP contribution >= 0.6 is 0 Å². The Bertz CT molecular complexity index is 770. The molecule has 1 aliphatic heterocycles. The number of aryl methyl sites for hydroxylation is 1. The fourth-order valence-electron chi connectivity index (χ4n) is 3.25. The largest absolute Gasteiger partial charge is 0.468 e. The summed E-state index contributed by atoms with van der Waals surface area (Å²) in [6.07, 6.45) is 0.557. The van der Waals surface area contributed by atoms with Gasteiger partial charge in [0.1, 0.15) is 0 Å². The lowest BCUT2D eigenvalue weighted by Crippen LogP contribution is -2.48. The van der Waals surface area contributed by atoms with Crippen LogP contribution in [0, 0.1) is 6.92 Å². The zero-order valence-corrected chi connectivity index (χ0v) is 15.6. The number of amides is 2. The Kier molecular flexibility index (Phi) is 5.46. The Morgan fingerprint density at radius 1 is 1.27 bits per heavy atom. The van der Waals surface area contributed by atoms with Gasteiger partial charge in [-0.1, -0.05) is 29.8 Å². The number of rotatable bonds is 7. The van der Waals surface area contributed by atoms with E-state index in [1.165, 1.54) is 5.56 Å². The second kappa shape index (κ2) is 7.78. The summed E-state index contributed by atoms with van der Waals surface area (Å²) in [7, 11) is 1.60. The minimum Gasteiger partial charge on any atom is -0.468 e. The normalized spacial score (nSPS) is 13.9. The zero-order valence-electron chi connectivity index (χ0n) is 15.6. The van der Waals surface area contributed by atoms with Crippen molar-refractivity contribution in [1.82, 2.24) is 14.5 Å². The van der Waals surface area contributed by atoms with Crippen molar-refractivity contribution in [3.05, 3.63) is 41.1 Å². The van der Waals surface area contributed by atoms with Gasteiger partial charge in [0.15, 0.2) is 5.82 Å². The molecule has 0 unspecified atom stereocenters. The molecule has 0 fully saturated rings. The number of aromatic nitrogens is 2. The molecule has 0 atom stereocenters. The van der Waals surface area contributed by atoms with E-state index in [0.717, 1.165) is 11.3 Å². The molecule has 7 heteroatoms. The number of imidazole rings is 1. The molecule has 3 rings (SSSR count). The summed E-state index contributed by atoms with van der Waals surface area (Å²) < 4.78 is 7.52. The number of hydrogen-bond acceptors (Lipinski definition) is 4. The van der Waals surface area contributed by atoms with Gasteiger partial charge in [-0.25, -0.2) is 4.79 Å². The van der Waals surface area contributed by atoms with E-state index in [-0.39, 0.29) is 12.6 Å². The zero-order chi connectivity index (χ0) is 18.7. The van der Waals surface area contributed by atoms with Gasteiger partial charge in [0.2, 0.25) is 0 Å². The van der Waals surface area contributed by atoms with Crippen molar-refractivity contribution < 1.29 is 14.6 Å². The van der Waals surface area contributed by atoms with Crippen molar-refractivity contribution >= 4 is 11.8 Å². The van der Waals surface area contributed by atoms with Gasteiger partial charge >= 0.3 is 6.03 Å². The number of carbonyl (C=O) groups is 1. The van der Waals surface area contributed by atoms with Crippen LogP contribution in [0.3, 0.4) is 0 Å². The predicted octanol–water partition coefficient (Wildman–Crippen LogP) is 2.39. The summed E-state index contributed by atoms with van der Waals surface area (Å²) in [5.41, 5.74) is 3.32. The number of nitrogens with zero attached hydrogens (tertiary/aromatic N) is 4. The fraction of sp³-hybridized carbons (Fsp3) is 0.474. The number of ether oxygens (including phenoxy) is 1. The Labute approximate surface area is 153 Å². The molecule has 0 bridgehead atoms. The summed E-state index contributed by atoms with van der Waals surface area (Å²) in [6.45, 7) is 6.21. The molecule has 2 heterocycles. The molecule has 0 aliphatic carbocycles. The van der Waals surface area contributed by atoms with Gasteiger partial charge in [0.25, 0.3) is 6.01 Å². The van der Waals surface area contributed by atoms with Crippen LogP contribution in [0.15, 0.2) is 24.3 Å². The van der Waals surface area contributed by atoms with E-state index >= 15 is 0 Å². The monoisotopic (exact) mass is 358 g/mol. The van der Waals surface area contributed by atoms with Crippen molar-refractivity contribution in [1.29, 1.82) is 0 Å². The average molecular weight is 358 g/mol. The quantitative estimate of drug-likeness (QED) is 0.825. The van der Waals surface area contributed by atoms with E-state index < -0.39 is 0 Å². The van der Waals surface area contributed by atoms with Gasteiger partial charge in [0, 0.05) is 19.7 Å². The molecule has 0 saturated carbocycles. The highest BCUT2D eigenvalue weighted by Crippen LogP contribution is 2.32. The SMILES string of the molecule is CCN1C(=O)N(CCCO)Cc2c1nc(OC)n2Cc1ccc(C)cc1. The highest BCUT2D eigenvalue weighted by Gasteiger charge is 2.34. The van der Waals surface area contributed by atoms with Crippen LogP contribution < -0.4 is 9.64 Å². The molecule has 140 valence electrons. The second-order valence-corrected chi connectivity index (χ2v) is 6.47. The third-order valence-electron chi connectivity index (χ3n) is 4.66. The second-order valence-electron chi connectivity index (χ2n) is 6.47. The van der Waals surface area contributed by atoms with Gasteiger partial charge in [-0.2, -0.15) is 4.98 Å². The predicted molar refractivity (Wildman–Crippen MR) is 99.6 cm³/mol. The van der Waals surface area contributed by atoms with Crippen LogP contribution in [0.2, 0.25) is 0 Å². The van der Waals surface area contributed by atoms with E-state index in [0.29, 0.717) is 44.4 Å². The first-order chi connectivity index (χ1) is 12.6. The summed E-state index contributed by atoms with van der Waals surface area (Å²) in [4.78, 5) is 20.7. The molecule has 1 aromatic carbocycles. The van der Waals surface area contributed by atoms with Crippen molar-refractivity contribution in [2.75, 3.05) is 31.7 Å². The number of methoxy groups -OCH3 is 1. The molecular weight excluding hydrogens is 332 g/mol. The topological polar surface area (TPSA) is 70.8 Å². The van der Waals surface area contributed by atoms with Crippen molar-refractivity contribution in [2.45, 2.75) is 33.4 Å². The van der Waals surface area contributed by atoms with Crippen molar-refractivity contribution in [2.24, 2.45) is 0 Å². The number of anilines is 1. The number of carbonyl (C=O) groups excluding carboxylic acids is 1. The van der Waals surface area contributed by atoms with Crippen LogP contribution in [-0.2, 0) is 13.1 Å². The van der Waals surface area contributed by atoms with Crippen molar-refractivity contribution in [3.63, 3.8) is 0 Å². The lowest BCUT2D eigenvalue weighted by atomic mass is 10.1. The molecule has 2 amide bonds. The summed E-state index contributed by atoms with van der Waals surface area (Å²) >= 11 is 0. The van der Waals surface area contributed by atoms with E-state index in [9.17, 15) is 4.79 Å². The number of benzene rings is 1. The fourth-order valence-corrected chi connectivity index (χ4v) is 3.25. The number of aliphatic hydroxyl groups is 1. The maximum absolute atomic E-state index is 12.7. The third kappa shape index (κ3) is 3.39. The lowest BCUT2D eigenvalue weighted by molar-refractivity contribution is 0.187. The van der Waals surface area contributed by atoms with Gasteiger partial charge in [-0.15, -0.1) is 0 Å². The van der Waals surface area contributed by atoms with Gasteiger partial charge < -0.3 is 14.7 Å². The molecule has 0 saturated heterocycles. The highest BCUT2D eigenvalue weighted by atomic mass is 16.5. The lowest BCUT2D eigenvalue weighted by Gasteiger charge is -2.34. The summed E-state index contributed by atoms with van der Waals surface area (Å²) in [6, 6.07) is 8.79. The standard InChI is InChI=1S/C19H26N4O3/c1-4-22-17-16(13-21(19(22)25)10-5-11-24)23(18(20-17)26-3)12-15-8-6-14(2)7-9-15/h6-9,24H,4-5,10-13H2,1-3H3. The number of aliphatic hydroxyl groups excluding tert-OH is 1. The van der Waals surface area contributed by atoms with Gasteiger partial charge in [0.05, 0.1) is 25.9 Å². The van der Waals surface area contributed by atoms with Crippen molar-refractivity contribution in [3.8, 4) is 6.01 Å². The maximum Gasteiger partial charge on any atom is 0.326 e. The molecule has 1 aliphatic rings. The van der Waals surface area contributed by atoms with Crippen LogP contribution in [0.5, 0.6) is 6.01 Å². The van der Waals surface area contributed by atoms with Crippen LogP contribution in [0.1, 0.15) is 30.2 Å². The summed E-state index contributed by atoms with van der Waals surface area (Å²) in [5.74, 6) is 0.668. The average Bonchev–Trinajstić information content (AvgIpc) is 2.99. The minimum absolute atomic E-state index is 0.0642. The smallest absolute Gasteiger partial charge is 0.326 e. The Balaban J connectivity index is 1.98. The molecule has 0 spiro atoms. The number of hydrogen-bond donors (Lipinski definition) is 1. The molecule has 26 heavy (non-hydrogen) atoms. The number of fused-ring (bicyclic) bond motifs is 1. The van der Waals surface area contributed by atoms with Crippen LogP contribution in [0.25, 0.3) is 0 Å². The van der Waals surface area contributed by atoms with E-state index in [1.807, 2.05) is 11.5 Å². The Morgan fingerprint density at radius 3 is 2.62 bits per heavy atom. The molecule has 7 nitrogen and oxygen atoms in total. The third-order valence-corrected chi connectivity index (χ3v) is 4.66. The molecular formula is C19H26N4O3. The number of urea groups is 1. The van der Waals surface area contributed by atoms with Gasteiger partial charge in [-0.3, -0.25) is 9.47 Å².